The number of para-hydroxylation sites is 4. The molecule has 5 aromatic heterocycles. The average Bonchev–Trinajstić information content (AvgIpc) is 4.16. The van der Waals surface area contributed by atoms with Crippen LogP contribution < -0.4 is 0 Å². The highest BCUT2D eigenvalue weighted by Crippen LogP contribution is 2.48. The summed E-state index contributed by atoms with van der Waals surface area (Å²) in [6.07, 6.45) is 0. The molecule has 0 aliphatic heterocycles. The van der Waals surface area contributed by atoms with E-state index in [-0.39, 0.29) is 0 Å². The molecule has 0 spiro atoms. The molecule has 0 aliphatic carbocycles. The molecule has 10 aromatic carbocycles. The fourth-order valence-corrected chi connectivity index (χ4v) is 13.3. The first-order valence-corrected chi connectivity index (χ1v) is 24.5. The second-order valence-electron chi connectivity index (χ2n) is 17.5. The molecule has 0 saturated heterocycles. The fourth-order valence-electron chi connectivity index (χ4n) is 10.8. The van der Waals surface area contributed by atoms with E-state index in [1.54, 1.807) is 11.3 Å². The summed E-state index contributed by atoms with van der Waals surface area (Å²) < 4.78 is 9.69. The third kappa shape index (κ3) is 5.45. The van der Waals surface area contributed by atoms with Gasteiger partial charge in [-0.05, 0) is 84.2 Å². The van der Waals surface area contributed by atoms with Gasteiger partial charge in [0.05, 0.1) is 22.1 Å². The number of hydrogen-bond acceptors (Lipinski definition) is 5. The van der Waals surface area contributed by atoms with Crippen molar-refractivity contribution in [1.82, 2.24) is 24.1 Å². The van der Waals surface area contributed by atoms with Gasteiger partial charge in [0.25, 0.3) is 0 Å². The van der Waals surface area contributed by atoms with Crippen molar-refractivity contribution >= 4 is 117 Å². The number of aromatic nitrogens is 5. The van der Waals surface area contributed by atoms with E-state index >= 15 is 0 Å². The van der Waals surface area contributed by atoms with Crippen molar-refractivity contribution in [3.05, 3.63) is 212 Å². The van der Waals surface area contributed by atoms with Crippen LogP contribution >= 0.6 is 22.7 Å². The minimum Gasteiger partial charge on any atom is -0.309 e. The molecule has 5 nitrogen and oxygen atoms in total. The molecule has 0 aliphatic rings. The molecule has 0 radical (unpaired) electrons. The van der Waals surface area contributed by atoms with Crippen LogP contribution in [0.3, 0.4) is 0 Å². The Morgan fingerprint density at radius 2 is 0.809 bits per heavy atom. The molecular formula is C61H35N5S2. The topological polar surface area (TPSA) is 48.5 Å². The largest absolute Gasteiger partial charge is 0.309 e. The maximum Gasteiger partial charge on any atom is 0.165 e. The van der Waals surface area contributed by atoms with Crippen molar-refractivity contribution in [2.24, 2.45) is 0 Å². The Balaban J connectivity index is 1.07. The Morgan fingerprint density at radius 3 is 1.53 bits per heavy atom. The molecule has 0 bridgehead atoms. The van der Waals surface area contributed by atoms with Crippen LogP contribution in [0.1, 0.15) is 0 Å². The van der Waals surface area contributed by atoms with Crippen LogP contribution in [0.5, 0.6) is 0 Å². The Labute approximate surface area is 397 Å². The lowest BCUT2D eigenvalue weighted by molar-refractivity contribution is 1.08. The van der Waals surface area contributed by atoms with Crippen LogP contribution in [0.15, 0.2) is 212 Å². The van der Waals surface area contributed by atoms with E-state index in [0.717, 1.165) is 65.6 Å². The highest BCUT2D eigenvalue weighted by atomic mass is 32.1. The lowest BCUT2D eigenvalue weighted by Crippen LogP contribution is -2.01. The zero-order valence-electron chi connectivity index (χ0n) is 36.3. The quantitative estimate of drug-likeness (QED) is 0.173. The minimum absolute atomic E-state index is 0.626. The van der Waals surface area contributed by atoms with E-state index in [1.165, 1.54) is 57.2 Å². The Bertz CT molecular complexity index is 4560. The number of rotatable bonds is 5. The van der Waals surface area contributed by atoms with Crippen molar-refractivity contribution in [3.63, 3.8) is 0 Å². The van der Waals surface area contributed by atoms with E-state index in [9.17, 15) is 0 Å². The molecule has 7 heteroatoms. The Kier molecular flexibility index (Phi) is 8.04. The lowest BCUT2D eigenvalue weighted by Gasteiger charge is -2.14. The fraction of sp³-hybridized carbons (Fsp3) is 0. The lowest BCUT2D eigenvalue weighted by atomic mass is 9.96. The van der Waals surface area contributed by atoms with Crippen LogP contribution in [0.25, 0.3) is 140 Å². The van der Waals surface area contributed by atoms with Crippen molar-refractivity contribution in [1.29, 1.82) is 0 Å². The molecule has 0 atom stereocenters. The third-order valence-corrected chi connectivity index (χ3v) is 16.2. The summed E-state index contributed by atoms with van der Waals surface area (Å²) in [5, 5.41) is 12.0. The minimum atomic E-state index is 0.626. The van der Waals surface area contributed by atoms with Gasteiger partial charge in [-0.25, -0.2) is 15.0 Å². The molecule has 0 fully saturated rings. The summed E-state index contributed by atoms with van der Waals surface area (Å²) in [5.74, 6) is 1.90. The van der Waals surface area contributed by atoms with Gasteiger partial charge < -0.3 is 9.13 Å². The van der Waals surface area contributed by atoms with Crippen molar-refractivity contribution in [3.8, 4) is 45.5 Å². The van der Waals surface area contributed by atoms with Crippen LogP contribution in [-0.4, -0.2) is 24.1 Å². The predicted molar refractivity (Wildman–Crippen MR) is 288 cm³/mol. The SMILES string of the molecule is c1ccc(-n2c3ccccc3c3cc(-c4nc(-c5cc6c(c7ccccc7n6-c6ccccc6)c6c5ccc5c7ccccc7sc56)nc(-c5cccc6c5sc5ccccc56)n4)ccc32)cc1. The summed E-state index contributed by atoms with van der Waals surface area (Å²) in [4.78, 5) is 16.6. The first-order valence-electron chi connectivity index (χ1n) is 22.9. The van der Waals surface area contributed by atoms with Gasteiger partial charge in [0.15, 0.2) is 17.5 Å². The van der Waals surface area contributed by atoms with Crippen molar-refractivity contribution < 1.29 is 0 Å². The van der Waals surface area contributed by atoms with Crippen LogP contribution in [0, 0.1) is 0 Å². The smallest absolute Gasteiger partial charge is 0.165 e. The van der Waals surface area contributed by atoms with E-state index in [2.05, 4.69) is 221 Å². The van der Waals surface area contributed by atoms with E-state index in [0.29, 0.717) is 17.5 Å². The molecule has 15 aromatic rings. The van der Waals surface area contributed by atoms with Gasteiger partial charge in [0.2, 0.25) is 0 Å². The van der Waals surface area contributed by atoms with Crippen LogP contribution in [0.4, 0.5) is 0 Å². The van der Waals surface area contributed by atoms with Gasteiger partial charge in [-0.2, -0.15) is 0 Å². The van der Waals surface area contributed by atoms with Crippen molar-refractivity contribution in [2.45, 2.75) is 0 Å². The van der Waals surface area contributed by atoms with Crippen LogP contribution in [-0.2, 0) is 0 Å². The third-order valence-electron chi connectivity index (χ3n) is 13.8. The number of nitrogens with zero attached hydrogens (tertiary/aromatic N) is 5. The Morgan fingerprint density at radius 1 is 0.294 bits per heavy atom. The molecular weight excluding hydrogens is 867 g/mol. The standard InChI is InChI=1S/C61H35N5S2/c1-3-16-37(17-4-1)65-49-26-11-7-20-39(49)47-34-36(30-33-51(47)65)59-62-60(46-25-15-24-43-40-21-9-13-28-53(40)67-57(43)46)64-61(63-59)48-35-52-55(45-23-8-12-27-50(45)66(52)38-18-5-2-6-19-38)56-42(48)31-32-44-41-22-10-14-29-54(41)68-58(44)56/h1-35H. The van der Waals surface area contributed by atoms with E-state index in [4.69, 9.17) is 15.0 Å². The monoisotopic (exact) mass is 901 g/mol. The average molecular weight is 902 g/mol. The van der Waals surface area contributed by atoms with Gasteiger partial charge in [0, 0.05) is 95.3 Å². The molecule has 316 valence electrons. The normalized spacial score (nSPS) is 12.1. The summed E-state index contributed by atoms with van der Waals surface area (Å²) in [7, 11) is 0. The first kappa shape index (κ1) is 37.7. The molecule has 0 N–H and O–H groups in total. The summed E-state index contributed by atoms with van der Waals surface area (Å²) in [6, 6.07) is 76.4. The Hall–Kier alpha value is -8.49. The van der Waals surface area contributed by atoms with Gasteiger partial charge in [-0.1, -0.05) is 133 Å². The summed E-state index contributed by atoms with van der Waals surface area (Å²) in [6.45, 7) is 0. The van der Waals surface area contributed by atoms with Gasteiger partial charge >= 0.3 is 0 Å². The first-order chi connectivity index (χ1) is 33.7. The predicted octanol–water partition coefficient (Wildman–Crippen LogP) is 17.0. The van der Waals surface area contributed by atoms with E-state index < -0.39 is 0 Å². The van der Waals surface area contributed by atoms with Gasteiger partial charge in [-0.3, -0.25) is 0 Å². The number of hydrogen-bond donors (Lipinski definition) is 0. The molecule has 15 rings (SSSR count). The maximum atomic E-state index is 5.59. The van der Waals surface area contributed by atoms with Gasteiger partial charge in [-0.15, -0.1) is 22.7 Å². The summed E-state index contributed by atoms with van der Waals surface area (Å²) in [5.41, 5.74) is 9.64. The number of thiophene rings is 2. The maximum absolute atomic E-state index is 5.59. The molecule has 5 heterocycles. The van der Waals surface area contributed by atoms with E-state index in [1.807, 2.05) is 11.3 Å². The second-order valence-corrected chi connectivity index (χ2v) is 19.6. The number of fused-ring (bicyclic) bond motifs is 15. The van der Waals surface area contributed by atoms with Crippen molar-refractivity contribution in [2.75, 3.05) is 0 Å². The molecule has 0 unspecified atom stereocenters. The molecule has 0 saturated carbocycles. The zero-order valence-corrected chi connectivity index (χ0v) is 37.9. The number of benzene rings is 10. The summed E-state index contributed by atoms with van der Waals surface area (Å²) >= 11 is 3.66. The second kappa shape index (κ2) is 14.5. The zero-order chi connectivity index (χ0) is 44.5. The van der Waals surface area contributed by atoms with Gasteiger partial charge in [0.1, 0.15) is 0 Å². The molecule has 68 heavy (non-hydrogen) atoms. The molecule has 0 amide bonds. The highest BCUT2D eigenvalue weighted by molar-refractivity contribution is 7.27. The highest BCUT2D eigenvalue weighted by Gasteiger charge is 2.24. The van der Waals surface area contributed by atoms with Crippen LogP contribution in [0.2, 0.25) is 0 Å².